The van der Waals surface area contributed by atoms with Crippen LogP contribution in [0.3, 0.4) is 0 Å². The van der Waals surface area contributed by atoms with Crippen LogP contribution in [0, 0.1) is 11.3 Å². The number of rotatable bonds is 5. The van der Waals surface area contributed by atoms with E-state index < -0.39 is 0 Å². The molecule has 1 aromatic rings. The molecule has 21 heavy (non-hydrogen) atoms. The van der Waals surface area contributed by atoms with Gasteiger partial charge in [0.1, 0.15) is 6.07 Å². The topological polar surface area (TPSA) is 30.3 Å². The molecule has 2 rings (SSSR count). The highest BCUT2D eigenvalue weighted by atomic mass is 32.2. The Hall–Kier alpha value is -1.18. The molecule has 1 aliphatic rings. The van der Waals surface area contributed by atoms with Crippen molar-refractivity contribution in [3.63, 3.8) is 0 Å². The second-order valence-corrected chi connectivity index (χ2v) is 6.78. The second-order valence-electron chi connectivity index (χ2n) is 5.47. The molecule has 0 unspecified atom stereocenters. The van der Waals surface area contributed by atoms with Crippen molar-refractivity contribution in [1.29, 1.82) is 5.26 Å². The molecular formula is C17H25N3S. The minimum Gasteiger partial charge on any atom is -0.370 e. The summed E-state index contributed by atoms with van der Waals surface area (Å²) in [5.74, 6) is 0.997. The Kier molecular flexibility index (Phi) is 5.96. The first-order chi connectivity index (χ1) is 10.2. The lowest BCUT2D eigenvalue weighted by Crippen LogP contribution is -2.43. The molecule has 4 heteroatoms. The van der Waals surface area contributed by atoms with Gasteiger partial charge in [-0.3, -0.25) is 0 Å². The third kappa shape index (κ3) is 3.72. The van der Waals surface area contributed by atoms with Crippen molar-refractivity contribution < 1.29 is 0 Å². The van der Waals surface area contributed by atoms with E-state index in [0.717, 1.165) is 41.5 Å². The van der Waals surface area contributed by atoms with Crippen LogP contribution in [-0.4, -0.2) is 43.4 Å². The van der Waals surface area contributed by atoms with Gasteiger partial charge in [0, 0.05) is 31.1 Å². The van der Waals surface area contributed by atoms with E-state index in [0.29, 0.717) is 6.04 Å². The molecule has 0 amide bonds. The quantitative estimate of drug-likeness (QED) is 0.778. The molecule has 0 atom stereocenters. The van der Waals surface area contributed by atoms with E-state index in [2.05, 4.69) is 55.0 Å². The third-order valence-electron chi connectivity index (χ3n) is 4.35. The lowest BCUT2D eigenvalue weighted by Gasteiger charge is -2.37. The number of nitrogens with zero attached hydrogens (tertiary/aromatic N) is 3. The molecule has 0 saturated carbocycles. The summed E-state index contributed by atoms with van der Waals surface area (Å²) in [5.41, 5.74) is 1.93. The van der Waals surface area contributed by atoms with E-state index >= 15 is 0 Å². The largest absolute Gasteiger partial charge is 0.370 e. The highest BCUT2D eigenvalue weighted by Crippen LogP contribution is 2.32. The monoisotopic (exact) mass is 303 g/mol. The lowest BCUT2D eigenvalue weighted by atomic mass is 10.0. The number of anilines is 1. The molecule has 3 nitrogen and oxygen atoms in total. The summed E-state index contributed by atoms with van der Waals surface area (Å²) in [5, 5.41) is 9.56. The number of likely N-dealkylation sites (tertiary alicyclic amines) is 1. The zero-order valence-corrected chi connectivity index (χ0v) is 14.1. The van der Waals surface area contributed by atoms with Crippen molar-refractivity contribution in [3.8, 4) is 6.07 Å². The Labute approximate surface area is 132 Å². The number of piperidine rings is 1. The van der Waals surface area contributed by atoms with E-state index in [1.807, 2.05) is 0 Å². The third-order valence-corrected chi connectivity index (χ3v) is 5.29. The van der Waals surface area contributed by atoms with Gasteiger partial charge < -0.3 is 9.80 Å². The summed E-state index contributed by atoms with van der Waals surface area (Å²) < 4.78 is 0. The molecular weight excluding hydrogens is 278 g/mol. The smallest absolute Gasteiger partial charge is 0.103 e. The fourth-order valence-electron chi connectivity index (χ4n) is 3.02. The van der Waals surface area contributed by atoms with E-state index in [1.165, 1.54) is 12.8 Å². The van der Waals surface area contributed by atoms with Crippen molar-refractivity contribution in [3.05, 3.63) is 23.8 Å². The highest BCUT2D eigenvalue weighted by molar-refractivity contribution is 7.99. The Bertz CT molecular complexity index is 501. The van der Waals surface area contributed by atoms with Crippen molar-refractivity contribution >= 4 is 17.4 Å². The molecule has 1 aliphatic heterocycles. The second kappa shape index (κ2) is 7.72. The van der Waals surface area contributed by atoms with Crippen molar-refractivity contribution in [2.75, 3.05) is 37.3 Å². The minimum absolute atomic E-state index is 0.543. The molecule has 0 bridgehead atoms. The van der Waals surface area contributed by atoms with Crippen LogP contribution in [0.1, 0.15) is 32.3 Å². The van der Waals surface area contributed by atoms with Crippen LogP contribution >= 0.6 is 11.8 Å². The molecule has 1 fully saturated rings. The summed E-state index contributed by atoms with van der Waals surface area (Å²) >= 11 is 1.75. The van der Waals surface area contributed by atoms with Crippen LogP contribution < -0.4 is 4.90 Å². The van der Waals surface area contributed by atoms with Crippen molar-refractivity contribution in [2.45, 2.75) is 37.6 Å². The Balaban J connectivity index is 2.18. The summed E-state index contributed by atoms with van der Waals surface area (Å²) in [6.07, 6.45) is 2.36. The molecule has 0 aromatic heterocycles. The molecule has 0 radical (unpaired) electrons. The van der Waals surface area contributed by atoms with Gasteiger partial charge in [-0.15, -0.1) is 11.8 Å². The van der Waals surface area contributed by atoms with E-state index in [-0.39, 0.29) is 0 Å². The molecule has 0 N–H and O–H groups in total. The van der Waals surface area contributed by atoms with E-state index in [1.54, 1.807) is 11.8 Å². The van der Waals surface area contributed by atoms with Crippen molar-refractivity contribution in [1.82, 2.24) is 4.90 Å². The van der Waals surface area contributed by atoms with Gasteiger partial charge in [0.2, 0.25) is 0 Å². The summed E-state index contributed by atoms with van der Waals surface area (Å²) in [6.45, 7) is 7.82. The van der Waals surface area contributed by atoms with Crippen LogP contribution in [0.25, 0.3) is 0 Å². The van der Waals surface area contributed by atoms with Gasteiger partial charge in [-0.1, -0.05) is 19.9 Å². The molecule has 1 aromatic carbocycles. The maximum absolute atomic E-state index is 9.56. The van der Waals surface area contributed by atoms with Crippen LogP contribution in [0.5, 0.6) is 0 Å². The van der Waals surface area contributed by atoms with Crippen LogP contribution in [0.2, 0.25) is 0 Å². The summed E-state index contributed by atoms with van der Waals surface area (Å²) in [6, 6.07) is 9.18. The molecule has 0 aliphatic carbocycles. The maximum Gasteiger partial charge on any atom is 0.103 e. The van der Waals surface area contributed by atoms with Gasteiger partial charge >= 0.3 is 0 Å². The maximum atomic E-state index is 9.56. The normalized spacial score (nSPS) is 16.7. The fraction of sp³-hybridized carbons (Fsp3) is 0.588. The van der Waals surface area contributed by atoms with Gasteiger partial charge in [0.15, 0.2) is 0 Å². The predicted octanol–water partition coefficient (Wildman–Crippen LogP) is 3.59. The standard InChI is InChI=1S/C17H25N3S/c1-4-20-11-9-14(10-12-20)19(3)16-7-6-8-17(21-5-2)15(16)13-18/h6-8,14H,4-5,9-12H2,1-3H3. The van der Waals surface area contributed by atoms with Gasteiger partial charge in [-0.2, -0.15) is 5.26 Å². The fourth-order valence-corrected chi connectivity index (χ4v) is 3.80. The average Bonchev–Trinajstić information content (AvgIpc) is 2.54. The molecule has 114 valence electrons. The summed E-state index contributed by atoms with van der Waals surface area (Å²) in [7, 11) is 2.14. The van der Waals surface area contributed by atoms with Gasteiger partial charge in [0.25, 0.3) is 0 Å². The minimum atomic E-state index is 0.543. The van der Waals surface area contributed by atoms with E-state index in [9.17, 15) is 5.26 Å². The number of hydrogen-bond donors (Lipinski definition) is 0. The molecule has 1 saturated heterocycles. The zero-order chi connectivity index (χ0) is 15.2. The Morgan fingerprint density at radius 1 is 1.33 bits per heavy atom. The number of nitriles is 1. The first kappa shape index (κ1) is 16.2. The molecule has 1 heterocycles. The molecule has 0 spiro atoms. The first-order valence-corrected chi connectivity index (χ1v) is 8.80. The van der Waals surface area contributed by atoms with Crippen LogP contribution in [0.4, 0.5) is 5.69 Å². The Morgan fingerprint density at radius 2 is 2.05 bits per heavy atom. The van der Waals surface area contributed by atoms with Crippen molar-refractivity contribution in [2.24, 2.45) is 0 Å². The van der Waals surface area contributed by atoms with Gasteiger partial charge in [0.05, 0.1) is 11.3 Å². The lowest BCUT2D eigenvalue weighted by molar-refractivity contribution is 0.221. The van der Waals surface area contributed by atoms with E-state index in [4.69, 9.17) is 0 Å². The Morgan fingerprint density at radius 3 is 2.62 bits per heavy atom. The summed E-state index contributed by atoms with van der Waals surface area (Å²) in [4.78, 5) is 5.93. The van der Waals surface area contributed by atoms with Crippen LogP contribution in [0.15, 0.2) is 23.1 Å². The average molecular weight is 303 g/mol. The first-order valence-electron chi connectivity index (χ1n) is 7.82. The van der Waals surface area contributed by atoms with Gasteiger partial charge in [-0.25, -0.2) is 0 Å². The number of thioether (sulfide) groups is 1. The predicted molar refractivity (Wildman–Crippen MR) is 91.1 cm³/mol. The van der Waals surface area contributed by atoms with Crippen LogP contribution in [-0.2, 0) is 0 Å². The zero-order valence-electron chi connectivity index (χ0n) is 13.3. The van der Waals surface area contributed by atoms with Gasteiger partial charge in [-0.05, 0) is 37.3 Å². The SMILES string of the molecule is CCSc1cccc(N(C)C2CCN(CC)CC2)c1C#N. The highest BCUT2D eigenvalue weighted by Gasteiger charge is 2.23. The number of benzene rings is 1. The number of hydrogen-bond acceptors (Lipinski definition) is 4.